The van der Waals surface area contributed by atoms with E-state index in [0.717, 1.165) is 17.0 Å². The Bertz CT molecular complexity index is 579. The summed E-state index contributed by atoms with van der Waals surface area (Å²) < 4.78 is 5.56. The fraction of sp³-hybridized carbons (Fsp3) is 0.0625. The van der Waals surface area contributed by atoms with Crippen molar-refractivity contribution >= 4 is 23.5 Å². The van der Waals surface area contributed by atoms with E-state index in [4.69, 9.17) is 16.3 Å². The Morgan fingerprint density at radius 3 is 2.68 bits per heavy atom. The largest absolute Gasteiger partial charge is 0.489 e. The van der Waals surface area contributed by atoms with Gasteiger partial charge in [0.1, 0.15) is 12.4 Å². The summed E-state index contributed by atoms with van der Waals surface area (Å²) >= 11 is 6.00. The van der Waals surface area contributed by atoms with E-state index in [1.54, 1.807) is 18.4 Å². The average molecular weight is 272 g/mol. The van der Waals surface area contributed by atoms with Gasteiger partial charge in [0.15, 0.2) is 0 Å². The zero-order valence-corrected chi connectivity index (χ0v) is 11.2. The highest BCUT2D eigenvalue weighted by Gasteiger charge is 2.02. The third kappa shape index (κ3) is 3.97. The summed E-state index contributed by atoms with van der Waals surface area (Å²) in [5.41, 5.74) is 1.73. The summed E-state index contributed by atoms with van der Waals surface area (Å²) in [7, 11) is 0. The van der Waals surface area contributed by atoms with Gasteiger partial charge in [0.25, 0.3) is 0 Å². The highest BCUT2D eigenvalue weighted by Crippen LogP contribution is 2.22. The average Bonchev–Trinajstić information content (AvgIpc) is 2.45. The van der Waals surface area contributed by atoms with E-state index >= 15 is 0 Å². The molecule has 0 atom stereocenters. The molecule has 0 N–H and O–H groups in total. The highest BCUT2D eigenvalue weighted by atomic mass is 35.5. The summed E-state index contributed by atoms with van der Waals surface area (Å²) in [6.45, 7) is 4.08. The number of ether oxygens (including phenoxy) is 1. The highest BCUT2D eigenvalue weighted by molar-refractivity contribution is 6.30. The van der Waals surface area contributed by atoms with Crippen molar-refractivity contribution in [2.24, 2.45) is 4.99 Å². The van der Waals surface area contributed by atoms with Crippen LogP contribution in [0.25, 0.3) is 0 Å². The van der Waals surface area contributed by atoms with Crippen LogP contribution < -0.4 is 4.74 Å². The molecule has 0 aliphatic carbocycles. The molecule has 0 aromatic heterocycles. The van der Waals surface area contributed by atoms with Crippen LogP contribution in [0.1, 0.15) is 5.56 Å². The molecule has 2 aromatic rings. The van der Waals surface area contributed by atoms with Crippen LogP contribution in [-0.2, 0) is 0 Å². The van der Waals surface area contributed by atoms with E-state index in [1.807, 2.05) is 42.5 Å². The van der Waals surface area contributed by atoms with E-state index in [9.17, 15) is 0 Å². The zero-order valence-electron chi connectivity index (χ0n) is 10.4. The third-order valence-corrected chi connectivity index (χ3v) is 2.67. The van der Waals surface area contributed by atoms with E-state index in [0.29, 0.717) is 11.6 Å². The maximum atomic E-state index is 6.00. The lowest BCUT2D eigenvalue weighted by Crippen LogP contribution is -1.96. The van der Waals surface area contributed by atoms with Gasteiger partial charge >= 0.3 is 0 Å². The second-order valence-electron chi connectivity index (χ2n) is 3.88. The third-order valence-electron chi connectivity index (χ3n) is 2.44. The number of hydrogen-bond donors (Lipinski definition) is 0. The summed E-state index contributed by atoms with van der Waals surface area (Å²) in [5, 5.41) is 0.653. The summed E-state index contributed by atoms with van der Waals surface area (Å²) in [4.78, 5) is 4.40. The van der Waals surface area contributed by atoms with Crippen LogP contribution in [0, 0.1) is 0 Å². The first-order valence-corrected chi connectivity index (χ1v) is 6.30. The molecule has 0 unspecified atom stereocenters. The molecule has 96 valence electrons. The maximum absolute atomic E-state index is 6.00. The molecule has 0 saturated carbocycles. The normalized spacial score (nSPS) is 10.6. The Hall–Kier alpha value is -2.06. The number of hydrogen-bond acceptors (Lipinski definition) is 2. The van der Waals surface area contributed by atoms with Gasteiger partial charge in [-0.25, -0.2) is 0 Å². The van der Waals surface area contributed by atoms with Crippen LogP contribution >= 0.6 is 11.6 Å². The van der Waals surface area contributed by atoms with E-state index < -0.39 is 0 Å². The Kier molecular flexibility index (Phi) is 4.76. The van der Waals surface area contributed by atoms with Gasteiger partial charge in [-0.2, -0.15) is 0 Å². The van der Waals surface area contributed by atoms with Crippen LogP contribution in [0.15, 0.2) is 66.2 Å². The minimum Gasteiger partial charge on any atom is -0.489 e. The lowest BCUT2D eigenvalue weighted by Gasteiger charge is -2.07. The zero-order chi connectivity index (χ0) is 13.5. The standard InChI is InChI=1S/C16H14ClNO/c1-2-10-19-16-9-8-14(17)11-13(16)12-18-15-6-4-3-5-7-15/h2-9,11-12H,1,10H2. The maximum Gasteiger partial charge on any atom is 0.128 e. The van der Waals surface area contributed by atoms with E-state index in [-0.39, 0.29) is 0 Å². The molecule has 2 aromatic carbocycles. The molecule has 3 heteroatoms. The molecular formula is C16H14ClNO. The number of halogens is 1. The Labute approximate surface area is 118 Å². The molecule has 0 heterocycles. The van der Waals surface area contributed by atoms with Gasteiger partial charge in [-0.1, -0.05) is 42.5 Å². The minimum atomic E-state index is 0.452. The van der Waals surface area contributed by atoms with Crippen LogP contribution in [0.5, 0.6) is 5.75 Å². The molecule has 19 heavy (non-hydrogen) atoms. The second kappa shape index (κ2) is 6.76. The molecule has 0 radical (unpaired) electrons. The molecule has 0 aliphatic heterocycles. The number of aliphatic imine (C=N–C) groups is 1. The first-order chi connectivity index (χ1) is 9.29. The van der Waals surface area contributed by atoms with Crippen molar-refractivity contribution in [1.29, 1.82) is 0 Å². The Balaban J connectivity index is 2.25. The topological polar surface area (TPSA) is 21.6 Å². The number of para-hydroxylation sites is 1. The number of rotatable bonds is 5. The number of nitrogens with zero attached hydrogens (tertiary/aromatic N) is 1. The van der Waals surface area contributed by atoms with Gasteiger partial charge in [0.2, 0.25) is 0 Å². The molecular weight excluding hydrogens is 258 g/mol. The van der Waals surface area contributed by atoms with Crippen LogP contribution in [0.2, 0.25) is 5.02 Å². The Morgan fingerprint density at radius 2 is 1.95 bits per heavy atom. The fourth-order valence-corrected chi connectivity index (χ4v) is 1.74. The molecule has 2 rings (SSSR count). The van der Waals surface area contributed by atoms with Gasteiger partial charge in [0.05, 0.1) is 5.69 Å². The predicted molar refractivity (Wildman–Crippen MR) is 80.8 cm³/mol. The lowest BCUT2D eigenvalue weighted by atomic mass is 10.2. The molecule has 0 spiro atoms. The monoisotopic (exact) mass is 271 g/mol. The van der Waals surface area contributed by atoms with Gasteiger partial charge in [-0.15, -0.1) is 0 Å². The van der Waals surface area contributed by atoms with Crippen molar-refractivity contribution in [3.63, 3.8) is 0 Å². The molecule has 0 aliphatic rings. The van der Waals surface area contributed by atoms with Gasteiger partial charge in [-0.05, 0) is 30.3 Å². The van der Waals surface area contributed by atoms with Gasteiger partial charge < -0.3 is 4.74 Å². The van der Waals surface area contributed by atoms with Crippen LogP contribution in [0.4, 0.5) is 5.69 Å². The van der Waals surface area contributed by atoms with Gasteiger partial charge in [0, 0.05) is 16.8 Å². The van der Waals surface area contributed by atoms with E-state index in [1.165, 1.54) is 0 Å². The first kappa shape index (κ1) is 13.4. The van der Waals surface area contributed by atoms with E-state index in [2.05, 4.69) is 11.6 Å². The fourth-order valence-electron chi connectivity index (χ4n) is 1.56. The lowest BCUT2D eigenvalue weighted by molar-refractivity contribution is 0.363. The van der Waals surface area contributed by atoms with Crippen LogP contribution in [0.3, 0.4) is 0 Å². The van der Waals surface area contributed by atoms with Crippen molar-refractivity contribution in [3.8, 4) is 5.75 Å². The van der Waals surface area contributed by atoms with Crippen molar-refractivity contribution in [1.82, 2.24) is 0 Å². The molecule has 0 fully saturated rings. The SMILES string of the molecule is C=CCOc1ccc(Cl)cc1C=Nc1ccccc1. The molecule has 0 bridgehead atoms. The van der Waals surface area contributed by atoms with Crippen molar-refractivity contribution in [2.75, 3.05) is 6.61 Å². The van der Waals surface area contributed by atoms with Crippen molar-refractivity contribution in [3.05, 3.63) is 71.8 Å². The smallest absolute Gasteiger partial charge is 0.128 e. The number of benzene rings is 2. The van der Waals surface area contributed by atoms with Crippen LogP contribution in [-0.4, -0.2) is 12.8 Å². The Morgan fingerprint density at radius 1 is 1.16 bits per heavy atom. The van der Waals surface area contributed by atoms with Crippen molar-refractivity contribution in [2.45, 2.75) is 0 Å². The molecule has 2 nitrogen and oxygen atoms in total. The first-order valence-electron chi connectivity index (χ1n) is 5.92. The molecule has 0 saturated heterocycles. The predicted octanol–water partition coefficient (Wildman–Crippen LogP) is 4.66. The van der Waals surface area contributed by atoms with Crippen molar-refractivity contribution < 1.29 is 4.74 Å². The quantitative estimate of drug-likeness (QED) is 0.573. The molecule has 0 amide bonds. The minimum absolute atomic E-state index is 0.452. The van der Waals surface area contributed by atoms with Gasteiger partial charge in [-0.3, -0.25) is 4.99 Å². The summed E-state index contributed by atoms with van der Waals surface area (Å²) in [6, 6.07) is 15.2. The summed E-state index contributed by atoms with van der Waals surface area (Å²) in [5.74, 6) is 0.740. The summed E-state index contributed by atoms with van der Waals surface area (Å²) in [6.07, 6.45) is 3.45. The second-order valence-corrected chi connectivity index (χ2v) is 4.31.